The predicted octanol–water partition coefficient (Wildman–Crippen LogP) is 6.07. The second kappa shape index (κ2) is 12.8. The molecule has 4 rings (SSSR count). The van der Waals surface area contributed by atoms with Crippen LogP contribution >= 0.6 is 0 Å². The lowest BCUT2D eigenvalue weighted by Gasteiger charge is -2.28. The molecular formula is C33H38N4O2. The minimum atomic E-state index is -0.440. The summed E-state index contributed by atoms with van der Waals surface area (Å²) in [6, 6.07) is 10.9. The number of carbonyl (C=O) groups excluding carboxylic acids is 2. The maximum absolute atomic E-state index is 13.6. The van der Waals surface area contributed by atoms with E-state index >= 15 is 0 Å². The lowest BCUT2D eigenvalue weighted by molar-refractivity contribution is -0.122. The normalized spacial score (nSPS) is 22.4. The summed E-state index contributed by atoms with van der Waals surface area (Å²) in [4.78, 5) is 24.9. The highest BCUT2D eigenvalue weighted by Gasteiger charge is 2.60. The number of nitrogens with zero attached hydrogens (tertiary/aromatic N) is 2. The molecular weight excluding hydrogens is 484 g/mol. The van der Waals surface area contributed by atoms with Crippen molar-refractivity contribution in [3.05, 3.63) is 77.5 Å². The van der Waals surface area contributed by atoms with Crippen molar-refractivity contribution >= 4 is 17.4 Å². The van der Waals surface area contributed by atoms with Gasteiger partial charge >= 0.3 is 0 Å². The van der Waals surface area contributed by atoms with E-state index in [1.807, 2.05) is 0 Å². The molecule has 6 nitrogen and oxygen atoms in total. The Morgan fingerprint density at radius 2 is 1.87 bits per heavy atom. The molecule has 3 aliphatic carbocycles. The van der Waals surface area contributed by atoms with E-state index in [0.29, 0.717) is 36.6 Å². The van der Waals surface area contributed by atoms with E-state index in [4.69, 9.17) is 5.26 Å². The summed E-state index contributed by atoms with van der Waals surface area (Å²) in [5.74, 6) is -0.586. The number of unbranched alkanes of at least 4 members (excludes halogenated alkanes) is 1. The van der Waals surface area contributed by atoms with Gasteiger partial charge in [-0.1, -0.05) is 44.2 Å². The summed E-state index contributed by atoms with van der Waals surface area (Å²) in [6.07, 6.45) is 15.5. The first kappa shape index (κ1) is 28.1. The van der Waals surface area contributed by atoms with Crippen molar-refractivity contribution < 1.29 is 9.59 Å². The molecule has 1 amide bonds. The van der Waals surface area contributed by atoms with Gasteiger partial charge in [-0.05, 0) is 92.7 Å². The lowest BCUT2D eigenvalue weighted by Crippen LogP contribution is -2.30. The highest BCUT2D eigenvalue weighted by molar-refractivity contribution is 5.93. The molecule has 1 spiro atoms. The van der Waals surface area contributed by atoms with E-state index in [1.165, 1.54) is 36.8 Å². The molecule has 39 heavy (non-hydrogen) atoms. The van der Waals surface area contributed by atoms with Crippen LogP contribution in [0.4, 0.5) is 0 Å². The number of aryl methyl sites for hydroxylation is 1. The summed E-state index contributed by atoms with van der Waals surface area (Å²) >= 11 is 0. The van der Waals surface area contributed by atoms with E-state index < -0.39 is 5.78 Å². The first-order valence-corrected chi connectivity index (χ1v) is 14.2. The Balaban J connectivity index is 1.48. The van der Waals surface area contributed by atoms with Crippen molar-refractivity contribution in [2.24, 2.45) is 5.92 Å². The molecule has 0 bridgehead atoms. The zero-order valence-corrected chi connectivity index (χ0v) is 22.7. The Kier molecular flexibility index (Phi) is 9.20. The first-order chi connectivity index (χ1) is 18.9. The minimum absolute atomic E-state index is 0.0218. The number of fused-ring (bicyclic) bond motifs is 2. The van der Waals surface area contributed by atoms with E-state index in [9.17, 15) is 14.9 Å². The molecule has 1 aromatic carbocycles. The highest BCUT2D eigenvalue weighted by atomic mass is 16.2. The van der Waals surface area contributed by atoms with E-state index in [2.05, 4.69) is 48.1 Å². The van der Waals surface area contributed by atoms with Crippen LogP contribution in [0.1, 0.15) is 87.3 Å². The molecule has 2 fully saturated rings. The number of hydrogen-bond donors (Lipinski definition) is 2. The fourth-order valence-electron chi connectivity index (χ4n) is 6.30. The molecule has 6 heteroatoms. The summed E-state index contributed by atoms with van der Waals surface area (Å²) < 4.78 is 0. The van der Waals surface area contributed by atoms with Gasteiger partial charge in [0.25, 0.3) is 0 Å². The SMILES string of the molecule is C=C/C=C(C#N)\C=C(/CCCCC(=O)C#N)NC(=O)C1C[C@]12CCCc1ccc(C(=C)NC3CCCC3)cc12. The Morgan fingerprint density at radius 3 is 2.59 bits per heavy atom. The third-order valence-corrected chi connectivity index (χ3v) is 8.45. The number of rotatable bonds is 12. The van der Waals surface area contributed by atoms with Gasteiger partial charge in [0.15, 0.2) is 0 Å². The predicted molar refractivity (Wildman–Crippen MR) is 153 cm³/mol. The standard InChI is InChI=1S/C33H38N4O2/c1-3-9-24(21-34)18-28(13-6-7-14-29(38)22-35)37-32(39)31-20-33(31)17-8-10-25-15-16-26(19-30(25)33)23(2)36-27-11-4-5-12-27/h3,9,15-16,18-19,27,31,36H,1-2,4-8,10-14,17,20H2,(H,37,39)/b24-9+,28-18+/t31?,33-/m0/s1. The number of benzene rings is 1. The number of nitriles is 2. The van der Waals surface area contributed by atoms with Gasteiger partial charge in [0.1, 0.15) is 6.07 Å². The topological polar surface area (TPSA) is 106 Å². The lowest BCUT2D eigenvalue weighted by atomic mass is 9.77. The zero-order valence-electron chi connectivity index (χ0n) is 22.7. The molecule has 1 unspecified atom stereocenters. The van der Waals surface area contributed by atoms with Crippen molar-refractivity contribution in [1.82, 2.24) is 10.6 Å². The van der Waals surface area contributed by atoms with Gasteiger partial charge in [-0.3, -0.25) is 9.59 Å². The molecule has 0 saturated heterocycles. The van der Waals surface area contributed by atoms with Crippen molar-refractivity contribution in [1.29, 1.82) is 10.5 Å². The number of Topliss-reactive ketones (excluding diaryl/α,β-unsaturated/α-hetero) is 1. The molecule has 3 aliphatic rings. The molecule has 0 aromatic heterocycles. The van der Waals surface area contributed by atoms with Crippen LogP contribution in [0.2, 0.25) is 0 Å². The van der Waals surface area contributed by atoms with Gasteiger partial charge < -0.3 is 10.6 Å². The van der Waals surface area contributed by atoms with Gasteiger partial charge in [-0.2, -0.15) is 10.5 Å². The van der Waals surface area contributed by atoms with Crippen LogP contribution in [0.25, 0.3) is 5.70 Å². The Hall–Kier alpha value is -3.90. The van der Waals surface area contributed by atoms with Crippen LogP contribution < -0.4 is 10.6 Å². The summed E-state index contributed by atoms with van der Waals surface area (Å²) in [5, 5.41) is 24.9. The number of allylic oxidation sites excluding steroid dienone is 5. The second-order valence-electron chi connectivity index (χ2n) is 11.1. The summed E-state index contributed by atoms with van der Waals surface area (Å²) in [7, 11) is 0. The average molecular weight is 523 g/mol. The minimum Gasteiger partial charge on any atom is -0.382 e. The monoisotopic (exact) mass is 522 g/mol. The Bertz CT molecular complexity index is 1290. The molecule has 0 aliphatic heterocycles. The van der Waals surface area contributed by atoms with Crippen LogP contribution in [-0.4, -0.2) is 17.7 Å². The fraction of sp³-hybridized carbons (Fsp3) is 0.455. The summed E-state index contributed by atoms with van der Waals surface area (Å²) in [6.45, 7) is 7.99. The van der Waals surface area contributed by atoms with E-state index in [1.54, 1.807) is 24.3 Å². The first-order valence-electron chi connectivity index (χ1n) is 14.2. The van der Waals surface area contributed by atoms with E-state index in [-0.39, 0.29) is 23.7 Å². The van der Waals surface area contributed by atoms with Gasteiger partial charge in [-0.15, -0.1) is 0 Å². The number of nitrogens with one attached hydrogen (secondary N) is 2. The molecule has 0 radical (unpaired) electrons. The van der Waals surface area contributed by atoms with Gasteiger partial charge in [0, 0.05) is 35.2 Å². The average Bonchev–Trinajstić information content (AvgIpc) is 3.42. The number of carbonyl (C=O) groups is 2. The van der Waals surface area contributed by atoms with Crippen LogP contribution in [0.5, 0.6) is 0 Å². The van der Waals surface area contributed by atoms with Crippen molar-refractivity contribution in [2.45, 2.75) is 88.5 Å². The van der Waals surface area contributed by atoms with Gasteiger partial charge in [0.05, 0.1) is 11.6 Å². The number of amides is 1. The van der Waals surface area contributed by atoms with Crippen molar-refractivity contribution in [2.75, 3.05) is 0 Å². The highest BCUT2D eigenvalue weighted by Crippen LogP contribution is 2.60. The van der Waals surface area contributed by atoms with Crippen molar-refractivity contribution in [3.63, 3.8) is 0 Å². The van der Waals surface area contributed by atoms with Crippen LogP contribution in [0.3, 0.4) is 0 Å². The Labute approximate surface area is 232 Å². The summed E-state index contributed by atoms with van der Waals surface area (Å²) in [5.41, 5.74) is 5.58. The smallest absolute Gasteiger partial charge is 0.231 e. The Morgan fingerprint density at radius 1 is 1.10 bits per heavy atom. The number of ketones is 1. The molecule has 2 N–H and O–H groups in total. The fourth-order valence-corrected chi connectivity index (χ4v) is 6.30. The van der Waals surface area contributed by atoms with Gasteiger partial charge in [-0.25, -0.2) is 0 Å². The zero-order chi connectivity index (χ0) is 27.8. The van der Waals surface area contributed by atoms with Gasteiger partial charge in [0.2, 0.25) is 11.7 Å². The van der Waals surface area contributed by atoms with Crippen LogP contribution in [-0.2, 0) is 21.4 Å². The molecule has 202 valence electrons. The maximum atomic E-state index is 13.6. The largest absolute Gasteiger partial charge is 0.382 e. The number of hydrogen-bond acceptors (Lipinski definition) is 5. The molecule has 0 heterocycles. The second-order valence-corrected chi connectivity index (χ2v) is 11.1. The van der Waals surface area contributed by atoms with Crippen molar-refractivity contribution in [3.8, 4) is 12.1 Å². The van der Waals surface area contributed by atoms with Crippen LogP contribution in [0.15, 0.2) is 60.9 Å². The van der Waals surface area contributed by atoms with E-state index in [0.717, 1.165) is 36.9 Å². The molecule has 2 atom stereocenters. The molecule has 1 aromatic rings. The van der Waals surface area contributed by atoms with Crippen LogP contribution in [0, 0.1) is 28.6 Å². The maximum Gasteiger partial charge on any atom is 0.231 e. The quantitative estimate of drug-likeness (QED) is 0.150. The molecule has 2 saturated carbocycles. The third kappa shape index (κ3) is 6.76. The third-order valence-electron chi connectivity index (χ3n) is 8.45.